The largest absolute Gasteiger partial charge is 0.341 e. The normalized spacial score (nSPS) is 22.1. The summed E-state index contributed by atoms with van der Waals surface area (Å²) in [6.07, 6.45) is 1.27. The van der Waals surface area contributed by atoms with E-state index in [0.717, 1.165) is 16.9 Å². The van der Waals surface area contributed by atoms with Gasteiger partial charge in [-0.15, -0.1) is 0 Å². The van der Waals surface area contributed by atoms with Crippen LogP contribution in [0.2, 0.25) is 0 Å². The quantitative estimate of drug-likeness (QED) is 0.876. The molecule has 0 amide bonds. The molecule has 1 aromatic carbocycles. The third-order valence-corrected chi connectivity index (χ3v) is 4.40. The standard InChI is InChI=1S/C13H17N3S/c1-9(14-10-6-7-17-8-10)13-15-11-4-2-3-5-12(11)16-13/h2-5,9-10,14H,6-8H2,1H3,(H,15,16). The van der Waals surface area contributed by atoms with Crippen LogP contribution in [-0.4, -0.2) is 27.5 Å². The first kappa shape index (κ1) is 11.1. The molecule has 3 rings (SSSR count). The fourth-order valence-corrected chi connectivity index (χ4v) is 3.44. The fraction of sp³-hybridized carbons (Fsp3) is 0.462. The molecule has 1 aliphatic heterocycles. The molecule has 0 aliphatic carbocycles. The average Bonchev–Trinajstić information content (AvgIpc) is 2.96. The predicted molar refractivity (Wildman–Crippen MR) is 73.4 cm³/mol. The topological polar surface area (TPSA) is 40.7 Å². The Balaban J connectivity index is 1.77. The van der Waals surface area contributed by atoms with Crippen LogP contribution in [-0.2, 0) is 0 Å². The Hall–Kier alpha value is -1.00. The van der Waals surface area contributed by atoms with Crippen molar-refractivity contribution in [2.75, 3.05) is 11.5 Å². The van der Waals surface area contributed by atoms with Crippen molar-refractivity contribution in [3.63, 3.8) is 0 Å². The van der Waals surface area contributed by atoms with Gasteiger partial charge in [0.25, 0.3) is 0 Å². The van der Waals surface area contributed by atoms with Crippen molar-refractivity contribution in [1.82, 2.24) is 15.3 Å². The first-order valence-corrected chi connectivity index (χ1v) is 7.27. The van der Waals surface area contributed by atoms with E-state index in [1.807, 2.05) is 30.0 Å². The summed E-state index contributed by atoms with van der Waals surface area (Å²) in [5.41, 5.74) is 2.17. The monoisotopic (exact) mass is 247 g/mol. The predicted octanol–water partition coefficient (Wildman–Crippen LogP) is 2.72. The molecule has 2 heterocycles. The summed E-state index contributed by atoms with van der Waals surface area (Å²) in [5, 5.41) is 3.64. The van der Waals surface area contributed by atoms with Crippen molar-refractivity contribution in [3.8, 4) is 0 Å². The number of fused-ring (bicyclic) bond motifs is 1. The van der Waals surface area contributed by atoms with E-state index in [0.29, 0.717) is 12.1 Å². The molecule has 1 fully saturated rings. The van der Waals surface area contributed by atoms with Gasteiger partial charge in [-0.1, -0.05) is 12.1 Å². The minimum Gasteiger partial charge on any atom is -0.341 e. The minimum atomic E-state index is 0.297. The Bertz CT molecular complexity index is 469. The molecule has 17 heavy (non-hydrogen) atoms. The van der Waals surface area contributed by atoms with Crippen LogP contribution in [0.1, 0.15) is 25.2 Å². The van der Waals surface area contributed by atoms with Gasteiger partial charge in [-0.3, -0.25) is 0 Å². The van der Waals surface area contributed by atoms with Gasteiger partial charge >= 0.3 is 0 Å². The Labute approximate surface area is 105 Å². The van der Waals surface area contributed by atoms with Gasteiger partial charge in [-0.25, -0.2) is 4.98 Å². The minimum absolute atomic E-state index is 0.297. The highest BCUT2D eigenvalue weighted by atomic mass is 32.2. The van der Waals surface area contributed by atoms with Crippen molar-refractivity contribution >= 4 is 22.8 Å². The maximum atomic E-state index is 4.63. The number of nitrogens with one attached hydrogen (secondary N) is 2. The Morgan fingerprint density at radius 2 is 2.35 bits per heavy atom. The number of imidazole rings is 1. The van der Waals surface area contributed by atoms with Crippen LogP contribution in [0.4, 0.5) is 0 Å². The summed E-state index contributed by atoms with van der Waals surface area (Å²) >= 11 is 2.03. The van der Waals surface area contributed by atoms with Gasteiger partial charge in [0, 0.05) is 11.8 Å². The third kappa shape index (κ3) is 2.33. The number of hydrogen-bond acceptors (Lipinski definition) is 3. The van der Waals surface area contributed by atoms with Gasteiger partial charge in [0.2, 0.25) is 0 Å². The van der Waals surface area contributed by atoms with E-state index in [4.69, 9.17) is 0 Å². The SMILES string of the molecule is CC(NC1CCSC1)c1nc2ccccc2[nH]1. The lowest BCUT2D eigenvalue weighted by Gasteiger charge is -2.16. The van der Waals surface area contributed by atoms with Crippen LogP contribution in [0.5, 0.6) is 0 Å². The Morgan fingerprint density at radius 3 is 3.12 bits per heavy atom. The molecule has 0 spiro atoms. The van der Waals surface area contributed by atoms with Crippen LogP contribution in [0.3, 0.4) is 0 Å². The lowest BCUT2D eigenvalue weighted by atomic mass is 10.2. The van der Waals surface area contributed by atoms with E-state index < -0.39 is 0 Å². The van der Waals surface area contributed by atoms with Gasteiger partial charge in [0.1, 0.15) is 5.82 Å². The molecule has 2 N–H and O–H groups in total. The number of para-hydroxylation sites is 2. The zero-order valence-corrected chi connectivity index (χ0v) is 10.8. The van der Waals surface area contributed by atoms with Crippen molar-refractivity contribution in [2.45, 2.75) is 25.4 Å². The van der Waals surface area contributed by atoms with Gasteiger partial charge < -0.3 is 10.3 Å². The van der Waals surface area contributed by atoms with Gasteiger partial charge in [-0.05, 0) is 31.2 Å². The summed E-state index contributed by atoms with van der Waals surface area (Å²) in [6, 6.07) is 9.13. The summed E-state index contributed by atoms with van der Waals surface area (Å²) < 4.78 is 0. The van der Waals surface area contributed by atoms with Crippen LogP contribution in [0, 0.1) is 0 Å². The third-order valence-electron chi connectivity index (χ3n) is 3.23. The van der Waals surface area contributed by atoms with E-state index in [1.165, 1.54) is 17.9 Å². The van der Waals surface area contributed by atoms with Crippen LogP contribution >= 0.6 is 11.8 Å². The number of aromatic amines is 1. The molecule has 2 aromatic rings. The lowest BCUT2D eigenvalue weighted by molar-refractivity contribution is 0.473. The van der Waals surface area contributed by atoms with Crippen molar-refractivity contribution in [2.24, 2.45) is 0 Å². The molecule has 90 valence electrons. The molecule has 1 aliphatic rings. The van der Waals surface area contributed by atoms with Crippen molar-refractivity contribution in [3.05, 3.63) is 30.1 Å². The number of nitrogens with zero attached hydrogens (tertiary/aromatic N) is 1. The molecule has 4 heteroatoms. The summed E-state index contributed by atoms with van der Waals surface area (Å²) in [5.74, 6) is 3.55. The highest BCUT2D eigenvalue weighted by Crippen LogP contribution is 2.21. The Kier molecular flexibility index (Phi) is 3.07. The van der Waals surface area contributed by atoms with E-state index >= 15 is 0 Å². The number of hydrogen-bond donors (Lipinski definition) is 2. The first-order chi connectivity index (χ1) is 8.33. The summed E-state index contributed by atoms with van der Waals surface area (Å²) in [6.45, 7) is 2.18. The van der Waals surface area contributed by atoms with E-state index in [9.17, 15) is 0 Å². The van der Waals surface area contributed by atoms with Gasteiger partial charge in [0.05, 0.1) is 17.1 Å². The molecule has 2 atom stereocenters. The first-order valence-electron chi connectivity index (χ1n) is 6.11. The maximum absolute atomic E-state index is 4.63. The summed E-state index contributed by atoms with van der Waals surface area (Å²) in [4.78, 5) is 8.02. The lowest BCUT2D eigenvalue weighted by Crippen LogP contribution is -2.31. The molecule has 0 saturated carbocycles. The number of aromatic nitrogens is 2. The second-order valence-electron chi connectivity index (χ2n) is 4.59. The molecule has 1 aromatic heterocycles. The number of rotatable bonds is 3. The fourth-order valence-electron chi connectivity index (χ4n) is 2.28. The highest BCUT2D eigenvalue weighted by molar-refractivity contribution is 7.99. The molecular formula is C13H17N3S. The van der Waals surface area contributed by atoms with E-state index in [-0.39, 0.29) is 0 Å². The summed E-state index contributed by atoms with van der Waals surface area (Å²) in [7, 11) is 0. The van der Waals surface area contributed by atoms with E-state index in [1.54, 1.807) is 0 Å². The Morgan fingerprint density at radius 1 is 1.47 bits per heavy atom. The molecular weight excluding hydrogens is 230 g/mol. The highest BCUT2D eigenvalue weighted by Gasteiger charge is 2.19. The van der Waals surface area contributed by atoms with Gasteiger partial charge in [-0.2, -0.15) is 11.8 Å². The molecule has 1 saturated heterocycles. The smallest absolute Gasteiger partial charge is 0.124 e. The molecule has 0 radical (unpaired) electrons. The number of benzene rings is 1. The van der Waals surface area contributed by atoms with Crippen molar-refractivity contribution < 1.29 is 0 Å². The second-order valence-corrected chi connectivity index (χ2v) is 5.74. The zero-order valence-electron chi connectivity index (χ0n) is 9.94. The van der Waals surface area contributed by atoms with Gasteiger partial charge in [0.15, 0.2) is 0 Å². The van der Waals surface area contributed by atoms with Crippen LogP contribution in [0.15, 0.2) is 24.3 Å². The molecule has 2 unspecified atom stereocenters. The number of H-pyrrole nitrogens is 1. The van der Waals surface area contributed by atoms with Crippen LogP contribution in [0.25, 0.3) is 11.0 Å². The average molecular weight is 247 g/mol. The second kappa shape index (κ2) is 4.70. The maximum Gasteiger partial charge on any atom is 0.124 e. The number of thioether (sulfide) groups is 1. The van der Waals surface area contributed by atoms with Crippen molar-refractivity contribution in [1.29, 1.82) is 0 Å². The zero-order chi connectivity index (χ0) is 11.7. The molecule has 3 nitrogen and oxygen atoms in total. The molecule has 0 bridgehead atoms. The van der Waals surface area contributed by atoms with Crippen LogP contribution < -0.4 is 5.32 Å². The van der Waals surface area contributed by atoms with E-state index in [2.05, 4.69) is 28.3 Å².